The number of hydrogen-bond acceptors (Lipinski definition) is 4. The van der Waals surface area contributed by atoms with E-state index in [-0.39, 0.29) is 0 Å². The molecule has 0 N–H and O–H groups in total. The number of benzene rings is 1. The van der Waals surface area contributed by atoms with Crippen LogP contribution in [0, 0.1) is 13.8 Å². The van der Waals surface area contributed by atoms with Crippen molar-refractivity contribution in [2.45, 2.75) is 34.1 Å². The maximum Gasteiger partial charge on any atom is 0.131 e. The van der Waals surface area contributed by atoms with E-state index >= 15 is 0 Å². The van der Waals surface area contributed by atoms with Crippen molar-refractivity contribution >= 4 is 17.1 Å². The van der Waals surface area contributed by atoms with Crippen molar-refractivity contribution in [1.29, 1.82) is 0 Å². The van der Waals surface area contributed by atoms with Crippen LogP contribution in [0.15, 0.2) is 59.6 Å². The molecule has 5 heteroatoms. The first-order valence-corrected chi connectivity index (χ1v) is 11.1. The fourth-order valence-electron chi connectivity index (χ4n) is 3.87. The van der Waals surface area contributed by atoms with E-state index in [1.165, 1.54) is 11.1 Å². The third-order valence-corrected chi connectivity index (χ3v) is 5.33. The average molecular weight is 419 g/mol. The highest BCUT2D eigenvalue weighted by atomic mass is 16.5. The van der Waals surface area contributed by atoms with Gasteiger partial charge >= 0.3 is 0 Å². The molecule has 2 aromatic rings. The molecule has 0 bridgehead atoms. The molecule has 2 heterocycles. The number of aromatic nitrogens is 2. The molecule has 1 aromatic heterocycles. The van der Waals surface area contributed by atoms with Gasteiger partial charge in [-0.25, -0.2) is 4.68 Å². The number of allylic oxidation sites excluding steroid dienone is 5. The third kappa shape index (κ3) is 5.61. The summed E-state index contributed by atoms with van der Waals surface area (Å²) >= 11 is 0. The maximum atomic E-state index is 5.60. The predicted molar refractivity (Wildman–Crippen MR) is 130 cm³/mol. The molecule has 0 atom stereocenters. The molecule has 0 unspecified atom stereocenters. The van der Waals surface area contributed by atoms with Crippen molar-refractivity contribution in [1.82, 2.24) is 14.7 Å². The van der Waals surface area contributed by atoms with E-state index in [0.29, 0.717) is 0 Å². The van der Waals surface area contributed by atoms with Crippen LogP contribution in [0.4, 0.5) is 0 Å². The smallest absolute Gasteiger partial charge is 0.131 e. The molecule has 1 aromatic carbocycles. The summed E-state index contributed by atoms with van der Waals surface area (Å²) < 4.78 is 7.67. The lowest BCUT2D eigenvalue weighted by Gasteiger charge is -2.31. The van der Waals surface area contributed by atoms with Crippen LogP contribution >= 0.6 is 0 Å². The fourth-order valence-corrected chi connectivity index (χ4v) is 3.87. The summed E-state index contributed by atoms with van der Waals surface area (Å²) in [5.41, 5.74) is 6.62. The van der Waals surface area contributed by atoms with Gasteiger partial charge < -0.3 is 9.64 Å². The molecule has 1 fully saturated rings. The van der Waals surface area contributed by atoms with Crippen molar-refractivity contribution in [3.63, 3.8) is 0 Å². The Morgan fingerprint density at radius 3 is 2.52 bits per heavy atom. The molecule has 1 aliphatic heterocycles. The number of nitrogens with zero attached hydrogens (tertiary/aromatic N) is 4. The second kappa shape index (κ2) is 10.9. The summed E-state index contributed by atoms with van der Waals surface area (Å²) in [4.78, 5) is 6.82. The van der Waals surface area contributed by atoms with Crippen molar-refractivity contribution in [2.75, 3.05) is 33.4 Å². The first kappa shape index (κ1) is 22.8. The monoisotopic (exact) mass is 418 g/mol. The summed E-state index contributed by atoms with van der Waals surface area (Å²) in [5, 5.41) is 4.79. The summed E-state index contributed by atoms with van der Waals surface area (Å²) in [5.74, 6) is 1.09. The Bertz CT molecular complexity index is 1000. The summed E-state index contributed by atoms with van der Waals surface area (Å²) in [6, 6.07) is 10.7. The van der Waals surface area contributed by atoms with Gasteiger partial charge in [0, 0.05) is 31.4 Å². The van der Waals surface area contributed by atoms with E-state index < -0.39 is 0 Å². The molecule has 3 rings (SSSR count). The molecule has 0 aliphatic carbocycles. The van der Waals surface area contributed by atoms with Crippen LogP contribution in [-0.2, 0) is 4.74 Å². The molecule has 1 aliphatic rings. The Morgan fingerprint density at radius 2 is 1.90 bits per heavy atom. The van der Waals surface area contributed by atoms with Gasteiger partial charge in [0.25, 0.3) is 0 Å². The number of hydrogen-bond donors (Lipinski definition) is 0. The minimum absolute atomic E-state index is 0.735. The van der Waals surface area contributed by atoms with Gasteiger partial charge in [-0.3, -0.25) is 4.99 Å². The van der Waals surface area contributed by atoms with Crippen LogP contribution < -0.4 is 0 Å². The SMILES string of the molecule is C/C=C\C(=N/C)c1cccc(C(=C\CC)/C=C(/N2CCOCC2)n2nc(C)cc2C)c1. The van der Waals surface area contributed by atoms with E-state index in [2.05, 4.69) is 70.9 Å². The highest BCUT2D eigenvalue weighted by molar-refractivity contribution is 6.09. The van der Waals surface area contributed by atoms with Crippen LogP contribution in [0.1, 0.15) is 42.8 Å². The quantitative estimate of drug-likeness (QED) is 0.463. The number of morpholine rings is 1. The zero-order chi connectivity index (χ0) is 22.2. The molecular weight excluding hydrogens is 384 g/mol. The first-order valence-electron chi connectivity index (χ1n) is 11.1. The Morgan fingerprint density at radius 1 is 1.16 bits per heavy atom. The first-order chi connectivity index (χ1) is 15.1. The van der Waals surface area contributed by atoms with Crippen molar-refractivity contribution in [2.24, 2.45) is 4.99 Å². The van der Waals surface area contributed by atoms with Crippen LogP contribution in [0.5, 0.6) is 0 Å². The second-order valence-electron chi connectivity index (χ2n) is 7.70. The number of rotatable bonds is 7. The highest BCUT2D eigenvalue weighted by Gasteiger charge is 2.18. The minimum atomic E-state index is 0.735. The van der Waals surface area contributed by atoms with E-state index in [0.717, 1.165) is 61.2 Å². The van der Waals surface area contributed by atoms with Crippen LogP contribution in [0.2, 0.25) is 0 Å². The summed E-state index contributed by atoms with van der Waals surface area (Å²) in [7, 11) is 1.84. The molecule has 0 radical (unpaired) electrons. The normalized spacial score (nSPS) is 16.4. The van der Waals surface area contributed by atoms with Crippen LogP contribution in [0.25, 0.3) is 11.4 Å². The van der Waals surface area contributed by atoms with Gasteiger partial charge in [0.15, 0.2) is 0 Å². The van der Waals surface area contributed by atoms with Crippen molar-refractivity contribution < 1.29 is 4.74 Å². The molecule has 0 amide bonds. The fraction of sp³-hybridized carbons (Fsp3) is 0.385. The standard InChI is InChI=1S/C26H34N4O/c1-6-9-22(23-11-8-12-24(18-23)25(27-5)10-7-2)19-26(29-13-15-31-16-14-29)30-21(4)17-20(3)28-30/h7-12,17-19H,6,13-16H2,1-5H3/b10-7-,22-9-,26-19-,27-25+. The van der Waals surface area contributed by atoms with Gasteiger partial charge in [-0.2, -0.15) is 5.10 Å². The van der Waals surface area contributed by atoms with Crippen molar-refractivity contribution in [3.8, 4) is 0 Å². The summed E-state index contributed by atoms with van der Waals surface area (Å²) in [6.07, 6.45) is 9.58. The third-order valence-electron chi connectivity index (χ3n) is 5.33. The Hall–Kier alpha value is -2.92. The lowest BCUT2D eigenvalue weighted by atomic mass is 9.99. The van der Waals surface area contributed by atoms with E-state index in [4.69, 9.17) is 9.84 Å². The van der Waals surface area contributed by atoms with E-state index in [1.807, 2.05) is 33.0 Å². The van der Waals surface area contributed by atoms with Gasteiger partial charge in [-0.1, -0.05) is 37.3 Å². The average Bonchev–Trinajstić information content (AvgIpc) is 3.13. The number of ether oxygens (including phenoxy) is 1. The topological polar surface area (TPSA) is 42.6 Å². The minimum Gasteiger partial charge on any atom is -0.378 e. The van der Waals surface area contributed by atoms with Gasteiger partial charge in [0.2, 0.25) is 0 Å². The zero-order valence-electron chi connectivity index (χ0n) is 19.4. The summed E-state index contributed by atoms with van der Waals surface area (Å²) in [6.45, 7) is 11.5. The maximum absolute atomic E-state index is 5.60. The van der Waals surface area contributed by atoms with Gasteiger partial charge in [-0.15, -0.1) is 0 Å². The zero-order valence-corrected chi connectivity index (χ0v) is 19.4. The predicted octanol–water partition coefficient (Wildman–Crippen LogP) is 5.12. The lowest BCUT2D eigenvalue weighted by Crippen LogP contribution is -2.37. The largest absolute Gasteiger partial charge is 0.378 e. The van der Waals surface area contributed by atoms with E-state index in [9.17, 15) is 0 Å². The Labute approximate surface area is 186 Å². The Balaban J connectivity index is 2.09. The van der Waals surface area contributed by atoms with E-state index in [1.54, 1.807) is 0 Å². The van der Waals surface area contributed by atoms with Gasteiger partial charge in [0.05, 0.1) is 24.6 Å². The molecule has 0 saturated carbocycles. The van der Waals surface area contributed by atoms with Gasteiger partial charge in [-0.05, 0) is 62.6 Å². The highest BCUT2D eigenvalue weighted by Crippen LogP contribution is 2.25. The molecule has 1 saturated heterocycles. The Kier molecular flexibility index (Phi) is 8.01. The second-order valence-corrected chi connectivity index (χ2v) is 7.70. The molecule has 164 valence electrons. The van der Waals surface area contributed by atoms with Gasteiger partial charge in [0.1, 0.15) is 5.82 Å². The lowest BCUT2D eigenvalue weighted by molar-refractivity contribution is 0.0611. The number of aliphatic imine (C=N–C) groups is 1. The van der Waals surface area contributed by atoms with Crippen molar-refractivity contribution in [3.05, 3.63) is 77.2 Å². The molecule has 31 heavy (non-hydrogen) atoms. The molecule has 0 spiro atoms. The molecule has 5 nitrogen and oxygen atoms in total. The van der Waals surface area contributed by atoms with Crippen LogP contribution in [0.3, 0.4) is 0 Å². The molecular formula is C26H34N4O. The number of aryl methyl sites for hydroxylation is 2. The van der Waals surface area contributed by atoms with Crippen LogP contribution in [-0.4, -0.2) is 53.7 Å².